The molecule has 130 valence electrons. The zero-order chi connectivity index (χ0) is 17.5. The van der Waals surface area contributed by atoms with E-state index in [0.717, 1.165) is 34.8 Å². The van der Waals surface area contributed by atoms with E-state index < -0.39 is 11.6 Å². The standard InChI is InChI=1S/C17H23N3O4/c1-10-8-13(12(3)24-10)11(2)18-14(21)9-20-15(22)17(19-16(20)23)6-4-5-7-17/h8,11H,4-7,9H2,1-3H3,(H,18,21)(H,19,23)/t11-/m1/s1. The highest BCUT2D eigenvalue weighted by Crippen LogP contribution is 2.34. The molecule has 7 heteroatoms. The summed E-state index contributed by atoms with van der Waals surface area (Å²) < 4.78 is 5.47. The van der Waals surface area contributed by atoms with Crippen molar-refractivity contribution >= 4 is 17.8 Å². The van der Waals surface area contributed by atoms with Gasteiger partial charge in [0.2, 0.25) is 5.91 Å². The molecule has 24 heavy (non-hydrogen) atoms. The lowest BCUT2D eigenvalue weighted by atomic mass is 9.98. The Hall–Kier alpha value is -2.31. The molecule has 1 aromatic rings. The first-order valence-corrected chi connectivity index (χ1v) is 8.33. The van der Waals surface area contributed by atoms with Gasteiger partial charge < -0.3 is 15.1 Å². The van der Waals surface area contributed by atoms with Gasteiger partial charge in [-0.3, -0.25) is 14.5 Å². The van der Waals surface area contributed by atoms with Crippen molar-refractivity contribution in [1.82, 2.24) is 15.5 Å². The number of urea groups is 1. The van der Waals surface area contributed by atoms with Crippen LogP contribution in [0.15, 0.2) is 10.5 Å². The predicted molar refractivity (Wildman–Crippen MR) is 86.2 cm³/mol. The van der Waals surface area contributed by atoms with Crippen molar-refractivity contribution in [3.63, 3.8) is 0 Å². The van der Waals surface area contributed by atoms with E-state index in [1.807, 2.05) is 26.8 Å². The molecule has 2 aliphatic rings. The molecule has 1 aliphatic carbocycles. The Labute approximate surface area is 140 Å². The topological polar surface area (TPSA) is 91.7 Å². The van der Waals surface area contributed by atoms with Crippen LogP contribution in [0.4, 0.5) is 4.79 Å². The van der Waals surface area contributed by atoms with Crippen molar-refractivity contribution < 1.29 is 18.8 Å². The molecule has 1 atom stereocenters. The molecule has 4 amide bonds. The highest BCUT2D eigenvalue weighted by atomic mass is 16.3. The van der Waals surface area contributed by atoms with Crippen LogP contribution in [-0.2, 0) is 9.59 Å². The summed E-state index contributed by atoms with van der Waals surface area (Å²) in [4.78, 5) is 37.9. The van der Waals surface area contributed by atoms with Crippen molar-refractivity contribution in [1.29, 1.82) is 0 Å². The molecule has 0 radical (unpaired) electrons. The lowest BCUT2D eigenvalue weighted by Crippen LogP contribution is -2.45. The molecule has 2 N–H and O–H groups in total. The van der Waals surface area contributed by atoms with Gasteiger partial charge in [0.25, 0.3) is 5.91 Å². The first-order chi connectivity index (χ1) is 11.3. The Morgan fingerprint density at radius 3 is 2.62 bits per heavy atom. The van der Waals surface area contributed by atoms with Crippen molar-refractivity contribution in [2.45, 2.75) is 58.0 Å². The van der Waals surface area contributed by atoms with Crippen molar-refractivity contribution in [2.24, 2.45) is 0 Å². The molecule has 7 nitrogen and oxygen atoms in total. The van der Waals surface area contributed by atoms with Gasteiger partial charge in [-0.25, -0.2) is 4.79 Å². The molecule has 2 fully saturated rings. The number of hydrogen-bond donors (Lipinski definition) is 2. The van der Waals surface area contributed by atoms with Crippen LogP contribution in [0.2, 0.25) is 0 Å². The minimum absolute atomic E-state index is 0.254. The monoisotopic (exact) mass is 333 g/mol. The van der Waals surface area contributed by atoms with Crippen LogP contribution < -0.4 is 10.6 Å². The highest BCUT2D eigenvalue weighted by Gasteiger charge is 2.52. The number of aryl methyl sites for hydroxylation is 2. The molecule has 1 aliphatic heterocycles. The predicted octanol–water partition coefficient (Wildman–Crippen LogP) is 1.94. The molecular formula is C17H23N3O4. The fourth-order valence-corrected chi connectivity index (χ4v) is 3.73. The van der Waals surface area contributed by atoms with Gasteiger partial charge in [-0.15, -0.1) is 0 Å². The van der Waals surface area contributed by atoms with Crippen LogP contribution >= 0.6 is 0 Å². The summed E-state index contributed by atoms with van der Waals surface area (Å²) in [7, 11) is 0. The minimum Gasteiger partial charge on any atom is -0.466 e. The van der Waals surface area contributed by atoms with E-state index in [1.54, 1.807) is 0 Å². The third kappa shape index (κ3) is 2.79. The number of nitrogens with zero attached hydrogens (tertiary/aromatic N) is 1. The van der Waals surface area contributed by atoms with E-state index in [2.05, 4.69) is 10.6 Å². The largest absolute Gasteiger partial charge is 0.466 e. The van der Waals surface area contributed by atoms with E-state index in [-0.39, 0.29) is 24.4 Å². The van der Waals surface area contributed by atoms with Gasteiger partial charge in [-0.1, -0.05) is 12.8 Å². The first kappa shape index (κ1) is 16.5. The summed E-state index contributed by atoms with van der Waals surface area (Å²) in [6, 6.07) is 1.15. The summed E-state index contributed by atoms with van der Waals surface area (Å²) in [5, 5.41) is 5.60. The first-order valence-electron chi connectivity index (χ1n) is 8.33. The van der Waals surface area contributed by atoms with Gasteiger partial charge in [-0.2, -0.15) is 0 Å². The maximum atomic E-state index is 12.5. The Balaban J connectivity index is 1.63. The number of carbonyl (C=O) groups excluding carboxylic acids is 3. The third-order valence-corrected chi connectivity index (χ3v) is 4.93. The van der Waals surface area contributed by atoms with Gasteiger partial charge in [-0.05, 0) is 39.7 Å². The van der Waals surface area contributed by atoms with Crippen LogP contribution in [0, 0.1) is 13.8 Å². The molecule has 2 heterocycles. The smallest absolute Gasteiger partial charge is 0.325 e. The number of carbonyl (C=O) groups is 3. The second-order valence-corrected chi connectivity index (χ2v) is 6.77. The van der Waals surface area contributed by atoms with Crippen LogP contribution in [0.1, 0.15) is 55.7 Å². The third-order valence-electron chi connectivity index (χ3n) is 4.93. The molecule has 0 unspecified atom stereocenters. The summed E-state index contributed by atoms with van der Waals surface area (Å²) in [6.45, 7) is 5.28. The molecular weight excluding hydrogens is 310 g/mol. The van der Waals surface area contributed by atoms with E-state index in [9.17, 15) is 14.4 Å². The summed E-state index contributed by atoms with van der Waals surface area (Å²) >= 11 is 0. The maximum Gasteiger partial charge on any atom is 0.325 e. The number of hydrogen-bond acceptors (Lipinski definition) is 4. The average molecular weight is 333 g/mol. The normalized spacial score (nSPS) is 20.5. The van der Waals surface area contributed by atoms with Gasteiger partial charge in [0.1, 0.15) is 23.6 Å². The lowest BCUT2D eigenvalue weighted by molar-refractivity contribution is -0.135. The van der Waals surface area contributed by atoms with E-state index in [1.165, 1.54) is 0 Å². The number of nitrogens with one attached hydrogen (secondary N) is 2. The zero-order valence-corrected chi connectivity index (χ0v) is 14.3. The Morgan fingerprint density at radius 1 is 1.38 bits per heavy atom. The van der Waals surface area contributed by atoms with Crippen LogP contribution in [0.5, 0.6) is 0 Å². The summed E-state index contributed by atoms with van der Waals surface area (Å²) in [5.74, 6) is 0.892. The van der Waals surface area contributed by atoms with Gasteiger partial charge in [0, 0.05) is 5.56 Å². The molecule has 3 rings (SSSR count). The SMILES string of the molecule is Cc1cc([C@@H](C)NC(=O)CN2C(=O)NC3(CCCC3)C2=O)c(C)o1. The summed E-state index contributed by atoms with van der Waals surface area (Å²) in [6.07, 6.45) is 3.14. The molecule has 0 aromatic carbocycles. The van der Waals surface area contributed by atoms with Gasteiger partial charge >= 0.3 is 6.03 Å². The van der Waals surface area contributed by atoms with Crippen LogP contribution in [0.3, 0.4) is 0 Å². The van der Waals surface area contributed by atoms with Gasteiger partial charge in [0.05, 0.1) is 6.04 Å². The Morgan fingerprint density at radius 2 is 2.04 bits per heavy atom. The van der Waals surface area contributed by atoms with Crippen LogP contribution in [0.25, 0.3) is 0 Å². The van der Waals surface area contributed by atoms with Crippen molar-refractivity contribution in [3.8, 4) is 0 Å². The second kappa shape index (κ2) is 5.96. The average Bonchev–Trinajstić information content (AvgIpc) is 3.16. The van der Waals surface area contributed by atoms with E-state index in [0.29, 0.717) is 12.8 Å². The molecule has 0 bridgehead atoms. The fraction of sp³-hybridized carbons (Fsp3) is 0.588. The summed E-state index contributed by atoms with van der Waals surface area (Å²) in [5.41, 5.74) is 0.117. The van der Waals surface area contributed by atoms with Crippen molar-refractivity contribution in [3.05, 3.63) is 23.2 Å². The Bertz CT molecular complexity index is 688. The van der Waals surface area contributed by atoms with E-state index in [4.69, 9.17) is 4.42 Å². The number of amides is 4. The lowest BCUT2D eigenvalue weighted by Gasteiger charge is -2.20. The molecule has 1 spiro atoms. The van der Waals surface area contributed by atoms with Crippen molar-refractivity contribution in [2.75, 3.05) is 6.54 Å². The molecule has 1 saturated carbocycles. The fourth-order valence-electron chi connectivity index (χ4n) is 3.73. The quantitative estimate of drug-likeness (QED) is 0.824. The Kier molecular flexibility index (Phi) is 4.11. The second-order valence-electron chi connectivity index (χ2n) is 6.77. The highest BCUT2D eigenvalue weighted by molar-refractivity contribution is 6.09. The van der Waals surface area contributed by atoms with E-state index >= 15 is 0 Å². The minimum atomic E-state index is -0.777. The number of rotatable bonds is 4. The van der Waals surface area contributed by atoms with Crippen LogP contribution in [-0.4, -0.2) is 34.8 Å². The maximum absolute atomic E-state index is 12.5. The molecule has 1 saturated heterocycles. The number of furan rings is 1. The molecule has 1 aromatic heterocycles. The zero-order valence-electron chi connectivity index (χ0n) is 14.3. The number of imide groups is 1. The van der Waals surface area contributed by atoms with Gasteiger partial charge in [0.15, 0.2) is 0 Å².